The average Bonchev–Trinajstić information content (AvgIpc) is 3.03. The highest BCUT2D eigenvalue weighted by Gasteiger charge is 2.01. The molecule has 116 valence electrons. The van der Waals surface area contributed by atoms with Gasteiger partial charge in [-0.25, -0.2) is 4.79 Å². The molecule has 1 aromatic heterocycles. The number of nitrogens with one attached hydrogen (secondary N) is 3. The lowest BCUT2D eigenvalue weighted by atomic mass is 10.2. The largest absolute Gasteiger partial charge is 0.497 e. The van der Waals surface area contributed by atoms with Gasteiger partial charge >= 0.3 is 6.03 Å². The van der Waals surface area contributed by atoms with Gasteiger partial charge in [-0.1, -0.05) is 12.1 Å². The number of benzene rings is 2. The highest BCUT2D eigenvalue weighted by Crippen LogP contribution is 2.16. The normalized spacial score (nSPS) is 10.8. The minimum Gasteiger partial charge on any atom is -0.497 e. The predicted molar refractivity (Wildman–Crippen MR) is 90.3 cm³/mol. The number of amides is 2. The molecule has 6 nitrogen and oxygen atoms in total. The molecule has 0 saturated heterocycles. The molecule has 0 atom stereocenters. The lowest BCUT2D eigenvalue weighted by Gasteiger charge is -2.04. The second kappa shape index (κ2) is 6.65. The number of urea groups is 1. The zero-order valence-corrected chi connectivity index (χ0v) is 12.5. The van der Waals surface area contributed by atoms with Gasteiger partial charge in [0.25, 0.3) is 0 Å². The first-order valence-corrected chi connectivity index (χ1v) is 7.06. The highest BCUT2D eigenvalue weighted by atomic mass is 16.5. The fraction of sp³-hybridized carbons (Fsp3) is 0.0588. The van der Waals surface area contributed by atoms with E-state index in [1.54, 1.807) is 25.6 Å². The molecule has 2 aromatic carbocycles. The molecule has 6 heteroatoms. The molecule has 1 heterocycles. The monoisotopic (exact) mass is 308 g/mol. The number of methoxy groups -OCH3 is 1. The van der Waals surface area contributed by atoms with Crippen molar-refractivity contribution in [3.8, 4) is 5.75 Å². The molecule has 3 N–H and O–H groups in total. The van der Waals surface area contributed by atoms with Crippen molar-refractivity contribution in [1.82, 2.24) is 15.5 Å². The van der Waals surface area contributed by atoms with Crippen molar-refractivity contribution >= 4 is 28.7 Å². The van der Waals surface area contributed by atoms with Crippen LogP contribution in [0, 0.1) is 0 Å². The molecule has 2 amide bonds. The number of ether oxygens (including phenoxy) is 1. The molecular weight excluding hydrogens is 292 g/mol. The summed E-state index contributed by atoms with van der Waals surface area (Å²) in [7, 11) is 1.62. The number of hydrogen-bond donors (Lipinski definition) is 3. The summed E-state index contributed by atoms with van der Waals surface area (Å²) < 4.78 is 5.09. The van der Waals surface area contributed by atoms with Crippen LogP contribution in [-0.4, -0.2) is 23.3 Å². The van der Waals surface area contributed by atoms with Crippen LogP contribution in [0.1, 0.15) is 5.56 Å². The molecule has 23 heavy (non-hydrogen) atoms. The number of H-pyrrole nitrogens is 1. The van der Waals surface area contributed by atoms with E-state index in [1.165, 1.54) is 0 Å². The Hall–Kier alpha value is -3.28. The predicted octanol–water partition coefficient (Wildman–Crippen LogP) is 3.36. The molecule has 0 radical (unpaired) electrons. The summed E-state index contributed by atoms with van der Waals surface area (Å²) in [6.07, 6.45) is 5.12. The van der Waals surface area contributed by atoms with Gasteiger partial charge in [-0.2, -0.15) is 5.10 Å². The zero-order valence-electron chi connectivity index (χ0n) is 12.5. The van der Waals surface area contributed by atoms with Crippen LogP contribution in [-0.2, 0) is 0 Å². The number of anilines is 1. The van der Waals surface area contributed by atoms with Gasteiger partial charge in [-0.3, -0.25) is 5.10 Å². The minimum absolute atomic E-state index is 0.311. The quantitative estimate of drug-likeness (QED) is 0.691. The number of hydrogen-bond acceptors (Lipinski definition) is 3. The smallest absolute Gasteiger partial charge is 0.323 e. The Kier molecular flexibility index (Phi) is 4.24. The molecule has 0 aliphatic rings. The van der Waals surface area contributed by atoms with E-state index >= 15 is 0 Å². The third kappa shape index (κ3) is 3.68. The highest BCUT2D eigenvalue weighted by molar-refractivity contribution is 5.93. The van der Waals surface area contributed by atoms with Crippen molar-refractivity contribution in [1.29, 1.82) is 0 Å². The van der Waals surface area contributed by atoms with Gasteiger partial charge < -0.3 is 15.4 Å². The molecule has 0 unspecified atom stereocenters. The summed E-state index contributed by atoms with van der Waals surface area (Å²) in [5.41, 5.74) is 2.53. The minimum atomic E-state index is -0.311. The van der Waals surface area contributed by atoms with Crippen LogP contribution in [0.3, 0.4) is 0 Å². The lowest BCUT2D eigenvalue weighted by Crippen LogP contribution is -2.23. The number of nitrogens with zero attached hydrogens (tertiary/aromatic N) is 1. The topological polar surface area (TPSA) is 79.0 Å². The summed E-state index contributed by atoms with van der Waals surface area (Å²) in [6.45, 7) is 0. The summed E-state index contributed by atoms with van der Waals surface area (Å²) in [4.78, 5) is 11.9. The van der Waals surface area contributed by atoms with E-state index in [0.29, 0.717) is 5.69 Å². The van der Waals surface area contributed by atoms with Crippen LogP contribution < -0.4 is 15.4 Å². The van der Waals surface area contributed by atoms with Crippen molar-refractivity contribution in [3.63, 3.8) is 0 Å². The number of aromatic amines is 1. The number of rotatable bonds is 4. The zero-order chi connectivity index (χ0) is 16.1. The van der Waals surface area contributed by atoms with Gasteiger partial charge in [0.05, 0.1) is 18.8 Å². The molecule has 0 aliphatic carbocycles. The van der Waals surface area contributed by atoms with E-state index < -0.39 is 0 Å². The van der Waals surface area contributed by atoms with Crippen LogP contribution in [0.25, 0.3) is 17.0 Å². The average molecular weight is 308 g/mol. The van der Waals surface area contributed by atoms with Crippen LogP contribution >= 0.6 is 0 Å². The third-order valence-corrected chi connectivity index (χ3v) is 3.31. The van der Waals surface area contributed by atoms with E-state index in [1.807, 2.05) is 42.5 Å². The number of carbonyl (C=O) groups excluding carboxylic acids is 1. The standard InChI is InChI=1S/C17H16N4O2/c1-23-15-6-2-12(3-7-15)8-9-18-17(22)20-14-5-4-13-11-19-21-16(13)10-14/h2-11H,1H3,(H,19,21)(H2,18,20,22)/b9-8+. The molecule has 0 spiro atoms. The fourth-order valence-corrected chi connectivity index (χ4v) is 2.11. The first-order chi connectivity index (χ1) is 11.2. The lowest BCUT2D eigenvalue weighted by molar-refractivity contribution is 0.255. The van der Waals surface area contributed by atoms with Crippen molar-refractivity contribution in [2.75, 3.05) is 12.4 Å². The Labute approximate surface area is 133 Å². The third-order valence-electron chi connectivity index (χ3n) is 3.31. The Bertz CT molecular complexity index is 837. The number of aromatic nitrogens is 2. The van der Waals surface area contributed by atoms with Crippen LogP contribution in [0.15, 0.2) is 54.9 Å². The van der Waals surface area contributed by atoms with E-state index in [2.05, 4.69) is 20.8 Å². The van der Waals surface area contributed by atoms with Crippen molar-refractivity contribution in [2.45, 2.75) is 0 Å². The Morgan fingerprint density at radius 3 is 2.83 bits per heavy atom. The summed E-state index contributed by atoms with van der Waals surface area (Å²) in [5, 5.41) is 13.2. The van der Waals surface area contributed by atoms with E-state index in [9.17, 15) is 4.79 Å². The fourth-order valence-electron chi connectivity index (χ4n) is 2.11. The SMILES string of the molecule is COc1ccc(/C=C/NC(=O)Nc2ccc3cn[nH]c3c2)cc1. The van der Waals surface area contributed by atoms with Crippen LogP contribution in [0.4, 0.5) is 10.5 Å². The molecule has 0 saturated carbocycles. The van der Waals surface area contributed by atoms with Gasteiger partial charge in [-0.05, 0) is 42.0 Å². The Morgan fingerprint density at radius 2 is 2.04 bits per heavy atom. The number of fused-ring (bicyclic) bond motifs is 1. The Morgan fingerprint density at radius 1 is 1.22 bits per heavy atom. The molecule has 3 aromatic rings. The molecule has 0 aliphatic heterocycles. The van der Waals surface area contributed by atoms with E-state index in [-0.39, 0.29) is 6.03 Å². The second-order valence-electron chi connectivity index (χ2n) is 4.88. The van der Waals surface area contributed by atoms with Crippen LogP contribution in [0.2, 0.25) is 0 Å². The second-order valence-corrected chi connectivity index (χ2v) is 4.88. The maximum atomic E-state index is 11.9. The number of carbonyl (C=O) groups is 1. The van der Waals surface area contributed by atoms with Crippen molar-refractivity contribution in [3.05, 3.63) is 60.4 Å². The maximum Gasteiger partial charge on any atom is 0.323 e. The van der Waals surface area contributed by atoms with Gasteiger partial charge in [0.1, 0.15) is 5.75 Å². The maximum absolute atomic E-state index is 11.9. The van der Waals surface area contributed by atoms with E-state index in [0.717, 1.165) is 22.2 Å². The van der Waals surface area contributed by atoms with Gasteiger partial charge in [0.15, 0.2) is 0 Å². The van der Waals surface area contributed by atoms with Crippen molar-refractivity contribution in [2.24, 2.45) is 0 Å². The molecule has 0 bridgehead atoms. The molecular formula is C17H16N4O2. The van der Waals surface area contributed by atoms with Gasteiger partial charge in [-0.15, -0.1) is 0 Å². The first-order valence-electron chi connectivity index (χ1n) is 7.06. The molecule has 3 rings (SSSR count). The molecule has 0 fully saturated rings. The van der Waals surface area contributed by atoms with Gasteiger partial charge in [0.2, 0.25) is 0 Å². The van der Waals surface area contributed by atoms with Crippen LogP contribution in [0.5, 0.6) is 5.75 Å². The summed E-state index contributed by atoms with van der Waals surface area (Å²) >= 11 is 0. The van der Waals surface area contributed by atoms with Gasteiger partial charge in [0, 0.05) is 17.3 Å². The summed E-state index contributed by atoms with van der Waals surface area (Å²) in [6, 6.07) is 12.8. The Balaban J connectivity index is 1.56. The summed E-state index contributed by atoms with van der Waals surface area (Å²) in [5.74, 6) is 0.794. The van der Waals surface area contributed by atoms with Crippen molar-refractivity contribution < 1.29 is 9.53 Å². The van der Waals surface area contributed by atoms with E-state index in [4.69, 9.17) is 4.74 Å². The first kappa shape index (κ1) is 14.6.